The van der Waals surface area contributed by atoms with Gasteiger partial charge in [0.2, 0.25) is 0 Å². The number of anilines is 1. The number of urea groups is 1. The molecule has 1 aliphatic heterocycles. The summed E-state index contributed by atoms with van der Waals surface area (Å²) in [5.74, 6) is -1.38. The van der Waals surface area contributed by atoms with Crippen LogP contribution in [0.25, 0.3) is 6.08 Å². The molecule has 28 heavy (non-hydrogen) atoms. The number of aromatic nitrogens is 1. The first kappa shape index (κ1) is 19.9. The summed E-state index contributed by atoms with van der Waals surface area (Å²) in [5, 5.41) is 2.68. The third-order valence-electron chi connectivity index (χ3n) is 4.92. The molecule has 7 heteroatoms. The molecule has 1 aromatic heterocycles. The van der Waals surface area contributed by atoms with E-state index in [0.29, 0.717) is 16.3 Å². The SMILES string of the molecule is Cc1c(Cl)cccc1N1C(=O)NC(=O)/C(=C\c2cc(C)n(C(C)C)c2C)C1=O. The monoisotopic (exact) mass is 399 g/mol. The quantitative estimate of drug-likeness (QED) is 0.617. The largest absolute Gasteiger partial charge is 0.346 e. The lowest BCUT2D eigenvalue weighted by Crippen LogP contribution is -2.54. The number of carbonyl (C=O) groups is 3. The molecule has 0 saturated carbocycles. The van der Waals surface area contributed by atoms with E-state index >= 15 is 0 Å². The predicted molar refractivity (Wildman–Crippen MR) is 109 cm³/mol. The molecular formula is C21H22ClN3O3. The van der Waals surface area contributed by atoms with Gasteiger partial charge < -0.3 is 4.57 Å². The molecule has 1 saturated heterocycles. The second-order valence-corrected chi connectivity index (χ2v) is 7.54. The number of nitrogens with one attached hydrogen (secondary N) is 1. The maximum absolute atomic E-state index is 13.1. The first-order valence-corrected chi connectivity index (χ1v) is 9.36. The highest BCUT2D eigenvalue weighted by molar-refractivity contribution is 6.40. The standard InChI is InChI=1S/C21H22ClN3O3/c1-11(2)24-12(3)9-15(14(24)5)10-16-19(26)23-21(28)25(20(16)27)18-8-6-7-17(22)13(18)4/h6-11H,1-5H3,(H,23,26,28)/b16-10+. The lowest BCUT2D eigenvalue weighted by Gasteiger charge is -2.27. The maximum atomic E-state index is 13.1. The molecule has 0 atom stereocenters. The van der Waals surface area contributed by atoms with E-state index in [0.717, 1.165) is 21.9 Å². The minimum atomic E-state index is -0.787. The third kappa shape index (κ3) is 3.24. The van der Waals surface area contributed by atoms with E-state index in [4.69, 9.17) is 11.6 Å². The van der Waals surface area contributed by atoms with Crippen LogP contribution < -0.4 is 10.2 Å². The number of barbiturate groups is 1. The lowest BCUT2D eigenvalue weighted by atomic mass is 10.1. The van der Waals surface area contributed by atoms with Gasteiger partial charge in [-0.3, -0.25) is 14.9 Å². The summed E-state index contributed by atoms with van der Waals surface area (Å²) in [4.78, 5) is 38.8. The Balaban J connectivity index is 2.10. The molecule has 0 spiro atoms. The van der Waals surface area contributed by atoms with E-state index in [2.05, 4.69) is 23.7 Å². The van der Waals surface area contributed by atoms with E-state index in [1.54, 1.807) is 25.1 Å². The lowest BCUT2D eigenvalue weighted by molar-refractivity contribution is -0.122. The summed E-state index contributed by atoms with van der Waals surface area (Å²) < 4.78 is 2.13. The molecule has 2 aromatic rings. The van der Waals surface area contributed by atoms with Gasteiger partial charge in [-0.2, -0.15) is 0 Å². The number of imide groups is 2. The van der Waals surface area contributed by atoms with Crippen molar-refractivity contribution in [3.8, 4) is 0 Å². The summed E-state index contributed by atoms with van der Waals surface area (Å²) in [7, 11) is 0. The molecule has 146 valence electrons. The fraction of sp³-hybridized carbons (Fsp3) is 0.286. The van der Waals surface area contributed by atoms with Crippen molar-refractivity contribution in [2.24, 2.45) is 0 Å². The van der Waals surface area contributed by atoms with Crippen LogP contribution >= 0.6 is 11.6 Å². The van der Waals surface area contributed by atoms with Gasteiger partial charge in [-0.25, -0.2) is 9.69 Å². The highest BCUT2D eigenvalue weighted by Gasteiger charge is 2.37. The van der Waals surface area contributed by atoms with Crippen LogP contribution in [-0.4, -0.2) is 22.4 Å². The molecule has 4 amide bonds. The van der Waals surface area contributed by atoms with Gasteiger partial charge in [-0.1, -0.05) is 17.7 Å². The van der Waals surface area contributed by atoms with E-state index in [1.807, 2.05) is 19.9 Å². The topological polar surface area (TPSA) is 71.4 Å². The van der Waals surface area contributed by atoms with Gasteiger partial charge >= 0.3 is 6.03 Å². The van der Waals surface area contributed by atoms with E-state index in [1.165, 1.54) is 6.08 Å². The molecule has 3 rings (SSSR count). The van der Waals surface area contributed by atoms with Crippen molar-refractivity contribution in [2.75, 3.05) is 4.90 Å². The van der Waals surface area contributed by atoms with Crippen molar-refractivity contribution in [1.82, 2.24) is 9.88 Å². The van der Waals surface area contributed by atoms with E-state index in [-0.39, 0.29) is 11.6 Å². The Bertz CT molecular complexity index is 1030. The summed E-state index contributed by atoms with van der Waals surface area (Å²) >= 11 is 6.14. The zero-order chi connectivity index (χ0) is 20.7. The van der Waals surface area contributed by atoms with Gasteiger partial charge in [-0.05, 0) is 70.0 Å². The van der Waals surface area contributed by atoms with E-state index in [9.17, 15) is 14.4 Å². The van der Waals surface area contributed by atoms with Crippen molar-refractivity contribution in [3.05, 3.63) is 57.4 Å². The van der Waals surface area contributed by atoms with Crippen molar-refractivity contribution in [2.45, 2.75) is 40.7 Å². The van der Waals surface area contributed by atoms with Crippen LogP contribution in [0.4, 0.5) is 10.5 Å². The Morgan fingerprint density at radius 3 is 2.39 bits per heavy atom. The van der Waals surface area contributed by atoms with Gasteiger partial charge in [0.05, 0.1) is 5.69 Å². The predicted octanol–water partition coefficient (Wildman–Crippen LogP) is 4.31. The van der Waals surface area contributed by atoms with Crippen molar-refractivity contribution in [3.63, 3.8) is 0 Å². The number of halogens is 1. The molecule has 0 bridgehead atoms. The summed E-state index contributed by atoms with van der Waals surface area (Å²) in [5.41, 5.74) is 3.58. The molecule has 1 N–H and O–H groups in total. The number of aryl methyl sites for hydroxylation is 1. The first-order chi connectivity index (χ1) is 13.1. The van der Waals surface area contributed by atoms with Crippen molar-refractivity contribution < 1.29 is 14.4 Å². The van der Waals surface area contributed by atoms with Crippen LogP contribution in [0.15, 0.2) is 29.8 Å². The number of hydrogen-bond acceptors (Lipinski definition) is 3. The fourth-order valence-corrected chi connectivity index (χ4v) is 3.78. The Labute approximate surface area is 168 Å². The minimum absolute atomic E-state index is 0.0945. The maximum Gasteiger partial charge on any atom is 0.335 e. The summed E-state index contributed by atoms with van der Waals surface area (Å²) in [6.07, 6.45) is 1.54. The molecule has 0 radical (unpaired) electrons. The van der Waals surface area contributed by atoms with E-state index < -0.39 is 17.8 Å². The fourth-order valence-electron chi connectivity index (χ4n) is 3.61. The number of hydrogen-bond donors (Lipinski definition) is 1. The molecule has 2 heterocycles. The van der Waals surface area contributed by atoms with Crippen LogP contribution in [0.3, 0.4) is 0 Å². The van der Waals surface area contributed by atoms with Crippen LogP contribution in [-0.2, 0) is 9.59 Å². The molecule has 1 aliphatic rings. The van der Waals surface area contributed by atoms with Gasteiger partial charge in [0.1, 0.15) is 5.57 Å². The Morgan fingerprint density at radius 2 is 1.79 bits per heavy atom. The molecule has 0 unspecified atom stereocenters. The second kappa shape index (κ2) is 7.28. The zero-order valence-corrected chi connectivity index (χ0v) is 17.2. The summed E-state index contributed by atoms with van der Waals surface area (Å²) in [6, 6.07) is 6.34. The molecular weight excluding hydrogens is 378 g/mol. The molecule has 1 fully saturated rings. The zero-order valence-electron chi connectivity index (χ0n) is 16.5. The van der Waals surface area contributed by atoms with Gasteiger partial charge in [-0.15, -0.1) is 0 Å². The number of benzene rings is 1. The number of carbonyl (C=O) groups excluding carboxylic acids is 3. The van der Waals surface area contributed by atoms with Crippen molar-refractivity contribution >= 4 is 41.2 Å². The van der Waals surface area contributed by atoms with Crippen LogP contribution in [0, 0.1) is 20.8 Å². The average molecular weight is 400 g/mol. The van der Waals surface area contributed by atoms with Crippen LogP contribution in [0.2, 0.25) is 5.02 Å². The number of nitrogens with zero attached hydrogens (tertiary/aromatic N) is 2. The molecule has 1 aromatic carbocycles. The Morgan fingerprint density at radius 1 is 1.11 bits per heavy atom. The average Bonchev–Trinajstić information content (AvgIpc) is 2.88. The molecule has 0 aliphatic carbocycles. The smallest absolute Gasteiger partial charge is 0.335 e. The normalized spacial score (nSPS) is 16.3. The highest BCUT2D eigenvalue weighted by atomic mass is 35.5. The van der Waals surface area contributed by atoms with Crippen LogP contribution in [0.1, 0.15) is 42.4 Å². The molecule has 6 nitrogen and oxygen atoms in total. The Kier molecular flexibility index (Phi) is 5.17. The second-order valence-electron chi connectivity index (χ2n) is 7.13. The number of rotatable bonds is 3. The number of amides is 4. The first-order valence-electron chi connectivity index (χ1n) is 8.98. The third-order valence-corrected chi connectivity index (χ3v) is 5.33. The van der Waals surface area contributed by atoms with Gasteiger partial charge in [0.25, 0.3) is 11.8 Å². The van der Waals surface area contributed by atoms with Crippen LogP contribution in [0.5, 0.6) is 0 Å². The van der Waals surface area contributed by atoms with Gasteiger partial charge in [0, 0.05) is 22.5 Å². The summed E-state index contributed by atoms with van der Waals surface area (Å²) in [6.45, 7) is 9.77. The Hall–Kier alpha value is -2.86. The van der Waals surface area contributed by atoms with Gasteiger partial charge in [0.15, 0.2) is 0 Å². The minimum Gasteiger partial charge on any atom is -0.346 e. The van der Waals surface area contributed by atoms with Crippen molar-refractivity contribution in [1.29, 1.82) is 0 Å². The highest BCUT2D eigenvalue weighted by Crippen LogP contribution is 2.30.